The lowest BCUT2D eigenvalue weighted by Crippen LogP contribution is -2.43. The summed E-state index contributed by atoms with van der Waals surface area (Å²) in [5, 5.41) is 14.6. The van der Waals surface area contributed by atoms with Gasteiger partial charge in [-0.2, -0.15) is 0 Å². The van der Waals surface area contributed by atoms with Crippen LogP contribution in [0.3, 0.4) is 0 Å². The SMILES string of the molecule is OC1CC(NCc2c[nH]c3cc(Cl)ccc23)C1. The van der Waals surface area contributed by atoms with E-state index in [0.717, 1.165) is 29.9 Å². The van der Waals surface area contributed by atoms with E-state index in [0.29, 0.717) is 6.04 Å². The first kappa shape index (κ1) is 11.1. The molecule has 0 bridgehead atoms. The maximum Gasteiger partial charge on any atom is 0.0570 e. The predicted octanol–water partition coefficient (Wildman–Crippen LogP) is 2.43. The average molecular weight is 251 g/mol. The van der Waals surface area contributed by atoms with Gasteiger partial charge in [-0.05, 0) is 30.5 Å². The van der Waals surface area contributed by atoms with Crippen LogP contribution in [0.25, 0.3) is 10.9 Å². The molecule has 3 nitrogen and oxygen atoms in total. The predicted molar refractivity (Wildman–Crippen MR) is 69.2 cm³/mol. The summed E-state index contributed by atoms with van der Waals surface area (Å²) in [7, 11) is 0. The molecule has 3 rings (SSSR count). The fourth-order valence-corrected chi connectivity index (χ4v) is 2.49. The molecule has 1 aromatic heterocycles. The molecule has 0 atom stereocenters. The Hall–Kier alpha value is -1.03. The zero-order chi connectivity index (χ0) is 11.8. The minimum atomic E-state index is -0.103. The Bertz CT molecular complexity index is 531. The normalized spacial score (nSPS) is 23.9. The Morgan fingerprint density at radius 2 is 2.24 bits per heavy atom. The summed E-state index contributed by atoms with van der Waals surface area (Å²) in [6.45, 7) is 0.832. The molecule has 1 aliphatic carbocycles. The molecule has 1 heterocycles. The van der Waals surface area contributed by atoms with Gasteiger partial charge in [-0.15, -0.1) is 0 Å². The van der Waals surface area contributed by atoms with E-state index >= 15 is 0 Å². The van der Waals surface area contributed by atoms with E-state index in [1.54, 1.807) is 0 Å². The number of benzene rings is 1. The molecule has 2 aromatic rings. The van der Waals surface area contributed by atoms with Crippen molar-refractivity contribution in [3.63, 3.8) is 0 Å². The first-order valence-corrected chi connectivity index (χ1v) is 6.27. The van der Waals surface area contributed by atoms with E-state index in [1.165, 1.54) is 10.9 Å². The van der Waals surface area contributed by atoms with Crippen molar-refractivity contribution in [3.8, 4) is 0 Å². The minimum absolute atomic E-state index is 0.103. The van der Waals surface area contributed by atoms with Crippen LogP contribution in [0.2, 0.25) is 5.02 Å². The summed E-state index contributed by atoms with van der Waals surface area (Å²) >= 11 is 5.94. The Balaban J connectivity index is 1.72. The highest BCUT2D eigenvalue weighted by atomic mass is 35.5. The second-order valence-electron chi connectivity index (χ2n) is 4.71. The summed E-state index contributed by atoms with van der Waals surface area (Å²) in [6.07, 6.45) is 3.65. The molecule has 0 unspecified atom stereocenters. The van der Waals surface area contributed by atoms with Crippen molar-refractivity contribution in [2.24, 2.45) is 0 Å². The number of fused-ring (bicyclic) bond motifs is 1. The van der Waals surface area contributed by atoms with Gasteiger partial charge in [-0.1, -0.05) is 17.7 Å². The number of aromatic amines is 1. The Labute approximate surface area is 105 Å². The number of hydrogen-bond donors (Lipinski definition) is 3. The van der Waals surface area contributed by atoms with Gasteiger partial charge in [0, 0.05) is 34.7 Å². The van der Waals surface area contributed by atoms with E-state index in [9.17, 15) is 5.11 Å². The van der Waals surface area contributed by atoms with Gasteiger partial charge >= 0.3 is 0 Å². The van der Waals surface area contributed by atoms with Crippen molar-refractivity contribution in [3.05, 3.63) is 35.0 Å². The molecule has 1 fully saturated rings. The lowest BCUT2D eigenvalue weighted by molar-refractivity contribution is 0.0620. The van der Waals surface area contributed by atoms with E-state index in [4.69, 9.17) is 11.6 Å². The molecule has 1 saturated carbocycles. The van der Waals surface area contributed by atoms with Crippen LogP contribution in [-0.2, 0) is 6.54 Å². The third-order valence-electron chi connectivity index (χ3n) is 3.42. The monoisotopic (exact) mass is 250 g/mol. The molecule has 90 valence electrons. The van der Waals surface area contributed by atoms with Gasteiger partial charge in [0.1, 0.15) is 0 Å². The number of rotatable bonds is 3. The second kappa shape index (κ2) is 4.33. The van der Waals surface area contributed by atoms with Crippen LogP contribution in [0.5, 0.6) is 0 Å². The smallest absolute Gasteiger partial charge is 0.0570 e. The summed E-state index contributed by atoms with van der Waals surface area (Å²) in [6, 6.07) is 6.35. The molecule has 0 saturated heterocycles. The molecule has 1 aliphatic rings. The quantitative estimate of drug-likeness (QED) is 0.784. The van der Waals surface area contributed by atoms with Gasteiger partial charge in [0.15, 0.2) is 0 Å². The van der Waals surface area contributed by atoms with Crippen LogP contribution in [-0.4, -0.2) is 22.2 Å². The van der Waals surface area contributed by atoms with E-state index in [-0.39, 0.29) is 6.10 Å². The first-order valence-electron chi connectivity index (χ1n) is 5.89. The molecule has 4 heteroatoms. The number of nitrogens with one attached hydrogen (secondary N) is 2. The van der Waals surface area contributed by atoms with Gasteiger partial charge < -0.3 is 15.4 Å². The van der Waals surface area contributed by atoms with Crippen molar-refractivity contribution in [1.82, 2.24) is 10.3 Å². The Morgan fingerprint density at radius 1 is 1.41 bits per heavy atom. The van der Waals surface area contributed by atoms with Crippen LogP contribution in [0.1, 0.15) is 18.4 Å². The molecule has 0 spiro atoms. The standard InChI is InChI=1S/C13H15ClN2O/c14-9-1-2-12-8(7-16-13(12)3-9)6-15-10-4-11(17)5-10/h1-3,7,10-11,15-17H,4-6H2. The number of halogens is 1. The van der Waals surface area contributed by atoms with Crippen molar-refractivity contribution < 1.29 is 5.11 Å². The lowest BCUT2D eigenvalue weighted by atomic mass is 9.89. The fourth-order valence-electron chi connectivity index (χ4n) is 2.31. The summed E-state index contributed by atoms with van der Waals surface area (Å²) < 4.78 is 0. The highest BCUT2D eigenvalue weighted by Crippen LogP contribution is 2.24. The first-order chi connectivity index (χ1) is 8.22. The minimum Gasteiger partial charge on any atom is -0.393 e. The molecule has 0 radical (unpaired) electrons. The van der Waals surface area contributed by atoms with Crippen molar-refractivity contribution >= 4 is 22.5 Å². The third kappa shape index (κ3) is 2.18. The number of aliphatic hydroxyl groups excluding tert-OH is 1. The van der Waals surface area contributed by atoms with Crippen molar-refractivity contribution in [1.29, 1.82) is 0 Å². The molecular formula is C13H15ClN2O. The zero-order valence-corrected chi connectivity index (χ0v) is 10.2. The third-order valence-corrected chi connectivity index (χ3v) is 3.66. The molecule has 1 aromatic carbocycles. The highest BCUT2D eigenvalue weighted by molar-refractivity contribution is 6.31. The van der Waals surface area contributed by atoms with Crippen LogP contribution in [0.4, 0.5) is 0 Å². The second-order valence-corrected chi connectivity index (χ2v) is 5.14. The van der Waals surface area contributed by atoms with Gasteiger partial charge in [0.2, 0.25) is 0 Å². The topological polar surface area (TPSA) is 48.0 Å². The van der Waals surface area contributed by atoms with Gasteiger partial charge in [-0.3, -0.25) is 0 Å². The van der Waals surface area contributed by atoms with Crippen LogP contribution in [0.15, 0.2) is 24.4 Å². The molecule has 17 heavy (non-hydrogen) atoms. The van der Waals surface area contributed by atoms with Crippen molar-refractivity contribution in [2.45, 2.75) is 31.5 Å². The Morgan fingerprint density at radius 3 is 3.00 bits per heavy atom. The van der Waals surface area contributed by atoms with E-state index < -0.39 is 0 Å². The van der Waals surface area contributed by atoms with E-state index in [2.05, 4.69) is 10.3 Å². The molecule has 0 aliphatic heterocycles. The Kier molecular flexibility index (Phi) is 2.82. The van der Waals surface area contributed by atoms with Crippen LogP contribution in [0, 0.1) is 0 Å². The van der Waals surface area contributed by atoms with Gasteiger partial charge in [0.25, 0.3) is 0 Å². The number of H-pyrrole nitrogens is 1. The lowest BCUT2D eigenvalue weighted by Gasteiger charge is -2.32. The average Bonchev–Trinajstić information content (AvgIpc) is 2.65. The number of aromatic nitrogens is 1. The van der Waals surface area contributed by atoms with Gasteiger partial charge in [-0.25, -0.2) is 0 Å². The van der Waals surface area contributed by atoms with Gasteiger partial charge in [0.05, 0.1) is 6.10 Å². The molecule has 3 N–H and O–H groups in total. The largest absolute Gasteiger partial charge is 0.393 e. The number of hydrogen-bond acceptors (Lipinski definition) is 2. The zero-order valence-electron chi connectivity index (χ0n) is 9.41. The molecular weight excluding hydrogens is 236 g/mol. The maximum atomic E-state index is 9.22. The van der Waals surface area contributed by atoms with Crippen LogP contribution >= 0.6 is 11.6 Å². The maximum absolute atomic E-state index is 9.22. The summed E-state index contributed by atoms with van der Waals surface area (Å²) in [4.78, 5) is 3.22. The number of aliphatic hydroxyl groups is 1. The highest BCUT2D eigenvalue weighted by Gasteiger charge is 2.26. The molecule has 0 amide bonds. The summed E-state index contributed by atoms with van der Waals surface area (Å²) in [5.41, 5.74) is 2.32. The van der Waals surface area contributed by atoms with Crippen LogP contribution < -0.4 is 5.32 Å². The van der Waals surface area contributed by atoms with Crippen molar-refractivity contribution in [2.75, 3.05) is 0 Å². The summed E-state index contributed by atoms with van der Waals surface area (Å²) in [5.74, 6) is 0. The van der Waals surface area contributed by atoms with E-state index in [1.807, 2.05) is 24.4 Å². The fraction of sp³-hybridized carbons (Fsp3) is 0.385.